The highest BCUT2D eigenvalue weighted by Crippen LogP contribution is 2.51. The Kier molecular flexibility index (Phi) is 4.36. The lowest BCUT2D eigenvalue weighted by Crippen LogP contribution is -2.50. The van der Waals surface area contributed by atoms with Crippen molar-refractivity contribution in [1.29, 1.82) is 0 Å². The van der Waals surface area contributed by atoms with Crippen molar-refractivity contribution in [3.8, 4) is 5.75 Å². The van der Waals surface area contributed by atoms with E-state index < -0.39 is 5.54 Å². The first-order valence-electron chi connectivity index (χ1n) is 11.4. The Morgan fingerprint density at radius 1 is 0.971 bits per heavy atom. The largest absolute Gasteiger partial charge is 0.496 e. The lowest BCUT2D eigenvalue weighted by molar-refractivity contribution is -0.125. The van der Waals surface area contributed by atoms with E-state index in [1.807, 2.05) is 80.6 Å². The average molecular weight is 452 g/mol. The number of carbonyl (C=O) groups is 2. The van der Waals surface area contributed by atoms with Gasteiger partial charge in [-0.3, -0.25) is 4.79 Å². The molecule has 2 aliphatic rings. The molecule has 2 aliphatic heterocycles. The zero-order valence-corrected chi connectivity index (χ0v) is 19.3. The second kappa shape index (κ2) is 7.22. The SMILES string of the molecule is COc1ccccc1C1CN2C(=O)N(c3ccc(C)cc3)C(=O)C2(C)c2[nH]c3ccccc3c21. The van der Waals surface area contributed by atoms with Gasteiger partial charge >= 0.3 is 6.03 Å². The Hall–Kier alpha value is -4.06. The molecule has 0 aliphatic carbocycles. The number of aromatic amines is 1. The van der Waals surface area contributed by atoms with Gasteiger partial charge in [0.25, 0.3) is 5.91 Å². The zero-order valence-electron chi connectivity index (χ0n) is 19.3. The summed E-state index contributed by atoms with van der Waals surface area (Å²) in [5.41, 5.74) is 4.28. The van der Waals surface area contributed by atoms with E-state index in [0.717, 1.165) is 39.0 Å². The van der Waals surface area contributed by atoms with E-state index in [2.05, 4.69) is 11.1 Å². The molecule has 0 saturated carbocycles. The van der Waals surface area contributed by atoms with Crippen molar-refractivity contribution in [2.24, 2.45) is 0 Å². The predicted molar refractivity (Wildman–Crippen MR) is 131 cm³/mol. The van der Waals surface area contributed by atoms with Gasteiger partial charge in [0.2, 0.25) is 0 Å². The van der Waals surface area contributed by atoms with Gasteiger partial charge in [0.05, 0.1) is 18.5 Å². The van der Waals surface area contributed by atoms with Crippen molar-refractivity contribution in [2.75, 3.05) is 18.6 Å². The number of urea groups is 1. The van der Waals surface area contributed by atoms with Crippen LogP contribution in [0, 0.1) is 6.92 Å². The molecule has 0 bridgehead atoms. The van der Waals surface area contributed by atoms with Crippen molar-refractivity contribution in [1.82, 2.24) is 9.88 Å². The van der Waals surface area contributed by atoms with Gasteiger partial charge in [0.1, 0.15) is 5.75 Å². The number of ether oxygens (including phenoxy) is 1. The third-order valence-corrected chi connectivity index (χ3v) is 7.33. The maximum Gasteiger partial charge on any atom is 0.332 e. The molecule has 170 valence electrons. The minimum atomic E-state index is -1.13. The van der Waals surface area contributed by atoms with Gasteiger partial charge < -0.3 is 14.6 Å². The molecule has 6 heteroatoms. The molecule has 3 heterocycles. The average Bonchev–Trinajstić information content (AvgIpc) is 3.34. The minimum absolute atomic E-state index is 0.148. The number of methoxy groups -OCH3 is 1. The minimum Gasteiger partial charge on any atom is -0.496 e. The van der Waals surface area contributed by atoms with Gasteiger partial charge in [-0.05, 0) is 43.7 Å². The maximum atomic E-state index is 14.0. The number of aryl methyl sites for hydroxylation is 1. The Labute approximate surface area is 197 Å². The Balaban J connectivity index is 1.60. The number of benzene rings is 3. The molecule has 0 radical (unpaired) electrons. The highest BCUT2D eigenvalue weighted by molar-refractivity contribution is 6.23. The van der Waals surface area contributed by atoms with E-state index in [1.54, 1.807) is 12.0 Å². The lowest BCUT2D eigenvalue weighted by Gasteiger charge is -2.40. The maximum absolute atomic E-state index is 14.0. The second-order valence-corrected chi connectivity index (χ2v) is 9.20. The van der Waals surface area contributed by atoms with E-state index in [0.29, 0.717) is 12.2 Å². The third-order valence-electron chi connectivity index (χ3n) is 7.33. The quantitative estimate of drug-likeness (QED) is 0.429. The molecule has 34 heavy (non-hydrogen) atoms. The Morgan fingerprint density at radius 2 is 1.68 bits per heavy atom. The number of imide groups is 1. The predicted octanol–water partition coefficient (Wildman–Crippen LogP) is 5.31. The highest BCUT2D eigenvalue weighted by atomic mass is 16.5. The summed E-state index contributed by atoms with van der Waals surface area (Å²) >= 11 is 0. The highest BCUT2D eigenvalue weighted by Gasteiger charge is 2.60. The summed E-state index contributed by atoms with van der Waals surface area (Å²) < 4.78 is 5.70. The van der Waals surface area contributed by atoms with Crippen LogP contribution in [0.4, 0.5) is 10.5 Å². The lowest BCUT2D eigenvalue weighted by atomic mass is 9.78. The second-order valence-electron chi connectivity index (χ2n) is 9.20. The molecule has 2 unspecified atom stereocenters. The topological polar surface area (TPSA) is 65.6 Å². The monoisotopic (exact) mass is 451 g/mol. The fraction of sp³-hybridized carbons (Fsp3) is 0.214. The first kappa shape index (κ1) is 20.5. The van der Waals surface area contributed by atoms with Gasteiger partial charge in [0, 0.05) is 28.9 Å². The number of hydrogen-bond acceptors (Lipinski definition) is 3. The van der Waals surface area contributed by atoms with Crippen LogP contribution >= 0.6 is 0 Å². The number of fused-ring (bicyclic) bond motifs is 5. The number of amides is 3. The molecule has 6 nitrogen and oxygen atoms in total. The van der Waals surface area contributed by atoms with Crippen LogP contribution in [0.25, 0.3) is 10.9 Å². The number of para-hydroxylation sites is 2. The summed E-state index contributed by atoms with van der Waals surface area (Å²) in [5.74, 6) is 0.374. The Morgan fingerprint density at radius 3 is 2.44 bits per heavy atom. The van der Waals surface area contributed by atoms with E-state index >= 15 is 0 Å². The summed E-state index contributed by atoms with van der Waals surface area (Å²) in [4.78, 5) is 34.3. The molecule has 2 atom stereocenters. The number of rotatable bonds is 3. The van der Waals surface area contributed by atoms with Crippen LogP contribution in [-0.4, -0.2) is 35.5 Å². The molecule has 3 amide bonds. The molecule has 1 N–H and O–H groups in total. The van der Waals surface area contributed by atoms with E-state index in [4.69, 9.17) is 4.74 Å². The van der Waals surface area contributed by atoms with Crippen LogP contribution in [0.5, 0.6) is 5.75 Å². The van der Waals surface area contributed by atoms with Gasteiger partial charge in [-0.25, -0.2) is 9.69 Å². The van der Waals surface area contributed by atoms with Crippen LogP contribution in [0.15, 0.2) is 72.8 Å². The van der Waals surface area contributed by atoms with Crippen molar-refractivity contribution in [3.63, 3.8) is 0 Å². The molecule has 1 saturated heterocycles. The van der Waals surface area contributed by atoms with Crippen molar-refractivity contribution in [2.45, 2.75) is 25.3 Å². The van der Waals surface area contributed by atoms with Crippen molar-refractivity contribution < 1.29 is 14.3 Å². The normalized spacial score (nSPS) is 21.7. The van der Waals surface area contributed by atoms with Gasteiger partial charge in [-0.15, -0.1) is 0 Å². The van der Waals surface area contributed by atoms with Gasteiger partial charge in [-0.1, -0.05) is 54.1 Å². The van der Waals surface area contributed by atoms with Crippen LogP contribution in [0.2, 0.25) is 0 Å². The summed E-state index contributed by atoms with van der Waals surface area (Å²) in [6.45, 7) is 4.21. The van der Waals surface area contributed by atoms with Crippen LogP contribution in [0.3, 0.4) is 0 Å². The number of nitrogens with zero attached hydrogens (tertiary/aromatic N) is 2. The molecule has 1 fully saturated rings. The smallest absolute Gasteiger partial charge is 0.332 e. The van der Waals surface area contributed by atoms with E-state index in [9.17, 15) is 9.59 Å². The molecule has 1 aromatic heterocycles. The van der Waals surface area contributed by atoms with E-state index in [1.165, 1.54) is 4.90 Å². The molecule has 6 rings (SSSR count). The fourth-order valence-corrected chi connectivity index (χ4v) is 5.55. The number of carbonyl (C=O) groups excluding carboxylic acids is 2. The van der Waals surface area contributed by atoms with Gasteiger partial charge in [-0.2, -0.15) is 0 Å². The van der Waals surface area contributed by atoms with Crippen LogP contribution in [0.1, 0.15) is 35.2 Å². The molecular formula is C28H25N3O3. The number of H-pyrrole nitrogens is 1. The molecular weight excluding hydrogens is 426 g/mol. The number of hydrogen-bond donors (Lipinski definition) is 1. The number of anilines is 1. The fourth-order valence-electron chi connectivity index (χ4n) is 5.55. The van der Waals surface area contributed by atoms with Crippen LogP contribution in [-0.2, 0) is 10.3 Å². The summed E-state index contributed by atoms with van der Waals surface area (Å²) in [6.07, 6.45) is 0. The Bertz CT molecular complexity index is 1460. The van der Waals surface area contributed by atoms with Crippen molar-refractivity contribution in [3.05, 3.63) is 95.2 Å². The van der Waals surface area contributed by atoms with Crippen LogP contribution < -0.4 is 9.64 Å². The van der Waals surface area contributed by atoms with E-state index in [-0.39, 0.29) is 17.9 Å². The number of aromatic nitrogens is 1. The van der Waals surface area contributed by atoms with Gasteiger partial charge in [0.15, 0.2) is 5.54 Å². The van der Waals surface area contributed by atoms with Crippen molar-refractivity contribution >= 4 is 28.5 Å². The molecule has 3 aromatic carbocycles. The summed E-state index contributed by atoms with van der Waals surface area (Å²) in [6, 6.07) is 23.2. The molecule has 0 spiro atoms. The number of nitrogens with one attached hydrogen (secondary N) is 1. The summed E-state index contributed by atoms with van der Waals surface area (Å²) in [5, 5.41) is 1.06. The standard InChI is InChI=1S/C28H25N3O3/c1-17-12-14-18(15-13-17)31-26(32)28(2)25-24(20-9-4-6-10-22(20)29-25)21(16-30(28)27(31)33)19-8-5-7-11-23(19)34-3/h4-15,21,29H,16H2,1-3H3. The summed E-state index contributed by atoms with van der Waals surface area (Å²) in [7, 11) is 1.66. The third kappa shape index (κ3) is 2.62. The molecule has 4 aromatic rings. The first-order valence-corrected chi connectivity index (χ1v) is 11.4. The zero-order chi connectivity index (χ0) is 23.6. The first-order chi connectivity index (χ1) is 16.4.